The highest BCUT2D eigenvalue weighted by Crippen LogP contribution is 2.33. The number of benzene rings is 1. The van der Waals surface area contributed by atoms with Crippen LogP contribution >= 0.6 is 35.1 Å². The van der Waals surface area contributed by atoms with Crippen molar-refractivity contribution in [2.45, 2.75) is 54.1 Å². The van der Waals surface area contributed by atoms with Crippen molar-refractivity contribution >= 4 is 46.9 Å². The Bertz CT molecular complexity index is 829. The van der Waals surface area contributed by atoms with Gasteiger partial charge < -0.3 is 10.1 Å². The fourth-order valence-electron chi connectivity index (χ4n) is 3.21. The standard InChI is InChI=1S/C20H24ClN3O2S2/c1-26-19(25)16-17(22-14-9-4-3-5-10-14)23-20(27-2)24-18(16)28-12-13-8-6-7-11-15(13)21/h6-8,11,14H,3-5,9-10,12H2,1-2H3,(H,22,23,24). The van der Waals surface area contributed by atoms with Crippen LogP contribution in [-0.4, -0.2) is 35.3 Å². The van der Waals surface area contributed by atoms with Gasteiger partial charge in [-0.25, -0.2) is 14.8 Å². The van der Waals surface area contributed by atoms with Crippen LogP contribution in [0.4, 0.5) is 5.82 Å². The molecule has 0 spiro atoms. The number of hydrogen-bond donors (Lipinski definition) is 1. The van der Waals surface area contributed by atoms with E-state index in [1.807, 2.05) is 30.5 Å². The van der Waals surface area contributed by atoms with Gasteiger partial charge >= 0.3 is 5.97 Å². The average molecular weight is 438 g/mol. The van der Waals surface area contributed by atoms with Gasteiger partial charge in [0.1, 0.15) is 16.4 Å². The van der Waals surface area contributed by atoms with Gasteiger partial charge in [-0.15, -0.1) is 11.8 Å². The summed E-state index contributed by atoms with van der Waals surface area (Å²) in [6.45, 7) is 0. The number of ether oxygens (including phenoxy) is 1. The van der Waals surface area contributed by atoms with Crippen molar-refractivity contribution in [3.63, 3.8) is 0 Å². The van der Waals surface area contributed by atoms with Crippen LogP contribution < -0.4 is 5.32 Å². The molecular formula is C20H24ClN3O2S2. The molecule has 3 rings (SSSR count). The lowest BCUT2D eigenvalue weighted by atomic mass is 9.95. The minimum Gasteiger partial charge on any atom is -0.465 e. The monoisotopic (exact) mass is 437 g/mol. The molecule has 1 heterocycles. The summed E-state index contributed by atoms with van der Waals surface area (Å²) in [7, 11) is 1.39. The smallest absolute Gasteiger partial charge is 0.344 e. The lowest BCUT2D eigenvalue weighted by molar-refractivity contribution is 0.0596. The second kappa shape index (κ2) is 10.4. The highest BCUT2D eigenvalue weighted by atomic mass is 35.5. The lowest BCUT2D eigenvalue weighted by Crippen LogP contribution is -2.25. The largest absolute Gasteiger partial charge is 0.465 e. The summed E-state index contributed by atoms with van der Waals surface area (Å²) in [4.78, 5) is 21.8. The topological polar surface area (TPSA) is 64.1 Å². The minimum atomic E-state index is -0.423. The Morgan fingerprint density at radius 2 is 2.00 bits per heavy atom. The Labute approximate surface area is 179 Å². The minimum absolute atomic E-state index is 0.322. The van der Waals surface area contributed by atoms with Crippen molar-refractivity contribution in [2.24, 2.45) is 0 Å². The maximum absolute atomic E-state index is 12.6. The Morgan fingerprint density at radius 3 is 2.68 bits per heavy atom. The Morgan fingerprint density at radius 1 is 1.25 bits per heavy atom. The van der Waals surface area contributed by atoms with Crippen LogP contribution in [0.25, 0.3) is 0 Å². The number of nitrogens with zero attached hydrogens (tertiary/aromatic N) is 2. The third kappa shape index (κ3) is 5.33. The first-order chi connectivity index (χ1) is 13.6. The van der Waals surface area contributed by atoms with Crippen LogP contribution in [0.15, 0.2) is 34.4 Å². The second-order valence-corrected chi connectivity index (χ2v) is 8.73. The number of rotatable bonds is 7. The molecule has 0 radical (unpaired) electrons. The Balaban J connectivity index is 1.92. The first kappa shape index (κ1) is 21.3. The van der Waals surface area contributed by atoms with Gasteiger partial charge in [-0.05, 0) is 30.7 Å². The van der Waals surface area contributed by atoms with Gasteiger partial charge in [-0.2, -0.15) is 0 Å². The van der Waals surface area contributed by atoms with Crippen LogP contribution in [0.2, 0.25) is 5.02 Å². The van der Waals surface area contributed by atoms with E-state index in [0.717, 1.165) is 18.4 Å². The summed E-state index contributed by atoms with van der Waals surface area (Å²) in [5, 5.41) is 5.44. The predicted molar refractivity (Wildman–Crippen MR) is 117 cm³/mol. The molecule has 0 amide bonds. The normalized spacial score (nSPS) is 14.7. The molecule has 0 atom stereocenters. The van der Waals surface area contributed by atoms with E-state index in [1.165, 1.54) is 49.9 Å². The highest BCUT2D eigenvalue weighted by Gasteiger charge is 2.25. The third-order valence-electron chi connectivity index (χ3n) is 4.70. The predicted octanol–water partition coefficient (Wildman–Crippen LogP) is 5.68. The fraction of sp³-hybridized carbons (Fsp3) is 0.450. The summed E-state index contributed by atoms with van der Waals surface area (Å²) in [5.41, 5.74) is 1.40. The molecule has 0 unspecified atom stereocenters. The molecule has 8 heteroatoms. The van der Waals surface area contributed by atoms with Crippen LogP contribution in [-0.2, 0) is 10.5 Å². The first-order valence-electron chi connectivity index (χ1n) is 9.29. The number of aromatic nitrogens is 2. The van der Waals surface area contributed by atoms with Gasteiger partial charge in [0.2, 0.25) is 0 Å². The molecule has 1 fully saturated rings. The highest BCUT2D eigenvalue weighted by molar-refractivity contribution is 7.99. The van der Waals surface area contributed by atoms with Gasteiger partial charge in [0.15, 0.2) is 5.16 Å². The number of hydrogen-bond acceptors (Lipinski definition) is 7. The van der Waals surface area contributed by atoms with Gasteiger partial charge in [0.25, 0.3) is 0 Å². The zero-order chi connectivity index (χ0) is 19.9. The van der Waals surface area contributed by atoms with E-state index in [-0.39, 0.29) is 0 Å². The number of halogens is 1. The van der Waals surface area contributed by atoms with Crippen molar-refractivity contribution in [1.29, 1.82) is 0 Å². The van der Waals surface area contributed by atoms with E-state index >= 15 is 0 Å². The second-order valence-electron chi connectivity index (χ2n) is 6.59. The molecule has 1 aromatic heterocycles. The van der Waals surface area contributed by atoms with E-state index in [0.29, 0.717) is 38.4 Å². The fourth-order valence-corrected chi connectivity index (χ4v) is 4.93. The molecule has 1 aliphatic carbocycles. The van der Waals surface area contributed by atoms with E-state index in [2.05, 4.69) is 15.3 Å². The van der Waals surface area contributed by atoms with Crippen molar-refractivity contribution in [3.8, 4) is 0 Å². The van der Waals surface area contributed by atoms with Crippen molar-refractivity contribution in [1.82, 2.24) is 9.97 Å². The molecule has 1 N–H and O–H groups in total. The van der Waals surface area contributed by atoms with Crippen LogP contribution in [0.3, 0.4) is 0 Å². The van der Waals surface area contributed by atoms with Crippen LogP contribution in [0.5, 0.6) is 0 Å². The zero-order valence-electron chi connectivity index (χ0n) is 16.0. The summed E-state index contributed by atoms with van der Waals surface area (Å²) in [6, 6.07) is 8.02. The summed E-state index contributed by atoms with van der Waals surface area (Å²) in [5.74, 6) is 0.754. The summed E-state index contributed by atoms with van der Waals surface area (Å²) in [6.07, 6.45) is 7.75. The number of carbonyl (C=O) groups excluding carboxylic acids is 1. The molecule has 5 nitrogen and oxygen atoms in total. The van der Waals surface area contributed by atoms with E-state index in [4.69, 9.17) is 16.3 Å². The number of anilines is 1. The van der Waals surface area contributed by atoms with Gasteiger partial charge in [-0.1, -0.05) is 60.8 Å². The van der Waals surface area contributed by atoms with E-state index in [1.54, 1.807) is 0 Å². The van der Waals surface area contributed by atoms with Crippen molar-refractivity contribution < 1.29 is 9.53 Å². The van der Waals surface area contributed by atoms with E-state index < -0.39 is 5.97 Å². The molecule has 1 aliphatic rings. The van der Waals surface area contributed by atoms with Gasteiger partial charge in [0.05, 0.1) is 7.11 Å². The number of carbonyl (C=O) groups is 1. The number of nitrogens with one attached hydrogen (secondary N) is 1. The van der Waals surface area contributed by atoms with Crippen molar-refractivity contribution in [2.75, 3.05) is 18.7 Å². The molecule has 0 bridgehead atoms. The Kier molecular flexibility index (Phi) is 7.88. The maximum atomic E-state index is 12.6. The number of methoxy groups -OCH3 is 1. The third-order valence-corrected chi connectivity index (χ3v) is 6.64. The number of esters is 1. The molecule has 1 aromatic carbocycles. The molecular weight excluding hydrogens is 414 g/mol. The van der Waals surface area contributed by atoms with Gasteiger partial charge in [0, 0.05) is 16.8 Å². The first-order valence-corrected chi connectivity index (χ1v) is 11.9. The van der Waals surface area contributed by atoms with Crippen LogP contribution in [0, 0.1) is 0 Å². The molecule has 0 saturated heterocycles. The molecule has 150 valence electrons. The zero-order valence-corrected chi connectivity index (χ0v) is 18.4. The lowest BCUT2D eigenvalue weighted by Gasteiger charge is -2.24. The van der Waals surface area contributed by atoms with E-state index in [9.17, 15) is 4.79 Å². The Hall–Kier alpha value is -1.44. The maximum Gasteiger partial charge on any atom is 0.344 e. The SMILES string of the molecule is COC(=O)c1c(NC2CCCCC2)nc(SC)nc1SCc1ccccc1Cl. The molecule has 0 aliphatic heterocycles. The number of thioether (sulfide) groups is 2. The molecule has 2 aromatic rings. The average Bonchev–Trinajstić information content (AvgIpc) is 2.73. The summed E-state index contributed by atoms with van der Waals surface area (Å²) < 4.78 is 5.05. The van der Waals surface area contributed by atoms with Gasteiger partial charge in [-0.3, -0.25) is 0 Å². The molecule has 1 saturated carbocycles. The quantitative estimate of drug-likeness (QED) is 0.259. The van der Waals surface area contributed by atoms with Crippen LogP contribution in [0.1, 0.15) is 48.0 Å². The molecule has 28 heavy (non-hydrogen) atoms. The summed E-state index contributed by atoms with van der Waals surface area (Å²) >= 11 is 9.22. The van der Waals surface area contributed by atoms with Crippen molar-refractivity contribution in [3.05, 3.63) is 40.4 Å².